The molecule has 0 spiro atoms. The van der Waals surface area contributed by atoms with Gasteiger partial charge in [0.05, 0.1) is 0 Å². The monoisotopic (exact) mass is 341 g/mol. The first-order chi connectivity index (χ1) is 10.2. The largest absolute Gasteiger partial charge is 0.329 e. The summed E-state index contributed by atoms with van der Waals surface area (Å²) in [5, 5.41) is 2.27. The van der Waals surface area contributed by atoms with Crippen molar-refractivity contribution in [2.24, 2.45) is 5.73 Å². The molecule has 0 saturated heterocycles. The van der Waals surface area contributed by atoms with E-state index in [1.54, 1.807) is 0 Å². The van der Waals surface area contributed by atoms with Crippen molar-refractivity contribution in [3.63, 3.8) is 0 Å². The molecule has 0 saturated carbocycles. The lowest BCUT2D eigenvalue weighted by Gasteiger charge is -2.21. The molecule has 1 heterocycles. The summed E-state index contributed by atoms with van der Waals surface area (Å²) in [6.07, 6.45) is 1.84. The standard InChI is InChI=1S/C17H16BrN3/c1-21(13-5-2-4-12(10-13)11-19)17-15-6-3-7-16(18)14(15)8-9-20-17/h2-10H,11,19H2,1H3. The number of halogens is 1. The number of pyridine rings is 1. The first-order valence-electron chi connectivity index (χ1n) is 6.76. The average molecular weight is 342 g/mol. The van der Waals surface area contributed by atoms with Crippen LogP contribution in [0.5, 0.6) is 0 Å². The number of aromatic nitrogens is 1. The Balaban J connectivity index is 2.13. The van der Waals surface area contributed by atoms with Gasteiger partial charge >= 0.3 is 0 Å². The minimum absolute atomic E-state index is 0.538. The highest BCUT2D eigenvalue weighted by Gasteiger charge is 2.11. The van der Waals surface area contributed by atoms with Crippen molar-refractivity contribution in [1.82, 2.24) is 4.98 Å². The SMILES string of the molecule is CN(c1cccc(CN)c1)c1nccc2c(Br)cccc12. The van der Waals surface area contributed by atoms with Crippen LogP contribution in [-0.2, 0) is 6.54 Å². The molecule has 0 unspecified atom stereocenters. The van der Waals surface area contributed by atoms with Crippen LogP contribution in [0.1, 0.15) is 5.56 Å². The molecule has 0 amide bonds. The van der Waals surface area contributed by atoms with E-state index in [0.717, 1.165) is 32.3 Å². The molecule has 0 aliphatic carbocycles. The summed E-state index contributed by atoms with van der Waals surface area (Å²) in [6, 6.07) is 16.4. The van der Waals surface area contributed by atoms with E-state index in [0.29, 0.717) is 6.54 Å². The zero-order valence-electron chi connectivity index (χ0n) is 11.8. The fourth-order valence-electron chi connectivity index (χ4n) is 2.43. The summed E-state index contributed by atoms with van der Waals surface area (Å²) in [5.74, 6) is 0.933. The summed E-state index contributed by atoms with van der Waals surface area (Å²) in [7, 11) is 2.03. The van der Waals surface area contributed by atoms with Gasteiger partial charge in [0.1, 0.15) is 5.82 Å². The van der Waals surface area contributed by atoms with E-state index in [4.69, 9.17) is 5.73 Å². The summed E-state index contributed by atoms with van der Waals surface area (Å²) in [6.45, 7) is 0.538. The van der Waals surface area contributed by atoms with Crippen molar-refractivity contribution in [2.75, 3.05) is 11.9 Å². The molecule has 3 aromatic rings. The van der Waals surface area contributed by atoms with Gasteiger partial charge < -0.3 is 10.6 Å². The summed E-state index contributed by atoms with van der Waals surface area (Å²) < 4.78 is 1.08. The smallest absolute Gasteiger partial charge is 0.140 e. The fourth-order valence-corrected chi connectivity index (χ4v) is 2.93. The third-order valence-corrected chi connectivity index (χ3v) is 4.27. The Bertz CT molecular complexity index is 786. The maximum atomic E-state index is 5.73. The maximum Gasteiger partial charge on any atom is 0.140 e. The third-order valence-electron chi connectivity index (χ3n) is 3.58. The maximum absolute atomic E-state index is 5.73. The molecule has 0 aliphatic rings. The molecular formula is C17H16BrN3. The number of hydrogen-bond acceptors (Lipinski definition) is 3. The van der Waals surface area contributed by atoms with E-state index in [-0.39, 0.29) is 0 Å². The van der Waals surface area contributed by atoms with E-state index in [2.05, 4.69) is 44.0 Å². The molecule has 0 bridgehead atoms. The molecule has 2 N–H and O–H groups in total. The first-order valence-corrected chi connectivity index (χ1v) is 7.56. The number of benzene rings is 2. The Kier molecular flexibility index (Phi) is 3.90. The van der Waals surface area contributed by atoms with Gasteiger partial charge in [0.2, 0.25) is 0 Å². The van der Waals surface area contributed by atoms with Crippen LogP contribution >= 0.6 is 15.9 Å². The summed E-state index contributed by atoms with van der Waals surface area (Å²) >= 11 is 3.60. The number of nitrogens with zero attached hydrogens (tertiary/aromatic N) is 2. The van der Waals surface area contributed by atoms with Crippen molar-refractivity contribution in [3.05, 3.63) is 64.8 Å². The molecule has 0 fully saturated rings. The summed E-state index contributed by atoms with van der Waals surface area (Å²) in [4.78, 5) is 6.64. The number of fused-ring (bicyclic) bond motifs is 1. The van der Waals surface area contributed by atoms with Crippen LogP contribution in [0, 0.1) is 0 Å². The van der Waals surface area contributed by atoms with E-state index in [1.807, 2.05) is 43.6 Å². The highest BCUT2D eigenvalue weighted by molar-refractivity contribution is 9.10. The Morgan fingerprint density at radius 3 is 2.71 bits per heavy atom. The average Bonchev–Trinajstić information content (AvgIpc) is 2.54. The predicted molar refractivity (Wildman–Crippen MR) is 91.8 cm³/mol. The Morgan fingerprint density at radius 2 is 1.90 bits per heavy atom. The fraction of sp³-hybridized carbons (Fsp3) is 0.118. The van der Waals surface area contributed by atoms with Crippen molar-refractivity contribution >= 4 is 38.2 Å². The van der Waals surface area contributed by atoms with Crippen molar-refractivity contribution in [2.45, 2.75) is 6.54 Å². The van der Waals surface area contributed by atoms with Crippen LogP contribution in [0.25, 0.3) is 10.8 Å². The number of anilines is 2. The van der Waals surface area contributed by atoms with Crippen LogP contribution in [0.2, 0.25) is 0 Å². The Morgan fingerprint density at radius 1 is 1.10 bits per heavy atom. The summed E-state index contributed by atoms with van der Waals surface area (Å²) in [5.41, 5.74) is 7.92. The normalized spacial score (nSPS) is 10.8. The van der Waals surface area contributed by atoms with E-state index in [1.165, 1.54) is 0 Å². The van der Waals surface area contributed by atoms with E-state index in [9.17, 15) is 0 Å². The first kappa shape index (κ1) is 14.0. The predicted octanol–water partition coefficient (Wildman–Crippen LogP) is 4.22. The van der Waals surface area contributed by atoms with Crippen LogP contribution in [0.15, 0.2) is 59.2 Å². The quantitative estimate of drug-likeness (QED) is 0.775. The molecule has 106 valence electrons. The van der Waals surface area contributed by atoms with Gasteiger partial charge in [-0.05, 0) is 29.8 Å². The van der Waals surface area contributed by atoms with Crippen LogP contribution in [-0.4, -0.2) is 12.0 Å². The van der Waals surface area contributed by atoms with Crippen molar-refractivity contribution < 1.29 is 0 Å². The highest BCUT2D eigenvalue weighted by Crippen LogP contribution is 2.32. The zero-order valence-corrected chi connectivity index (χ0v) is 13.3. The second kappa shape index (κ2) is 5.84. The highest BCUT2D eigenvalue weighted by atomic mass is 79.9. The molecule has 3 nitrogen and oxygen atoms in total. The lowest BCUT2D eigenvalue weighted by molar-refractivity contribution is 1.06. The van der Waals surface area contributed by atoms with Crippen LogP contribution < -0.4 is 10.6 Å². The van der Waals surface area contributed by atoms with E-state index >= 15 is 0 Å². The van der Waals surface area contributed by atoms with Crippen molar-refractivity contribution in [3.8, 4) is 0 Å². The molecule has 0 atom stereocenters. The molecular weight excluding hydrogens is 326 g/mol. The van der Waals surface area contributed by atoms with Gasteiger partial charge in [-0.15, -0.1) is 0 Å². The Hall–Kier alpha value is -1.91. The molecule has 1 aromatic heterocycles. The Labute approximate surface area is 132 Å². The van der Waals surface area contributed by atoms with Gasteiger partial charge in [-0.2, -0.15) is 0 Å². The van der Waals surface area contributed by atoms with Gasteiger partial charge in [-0.25, -0.2) is 4.98 Å². The van der Waals surface area contributed by atoms with Gasteiger partial charge in [0, 0.05) is 40.7 Å². The van der Waals surface area contributed by atoms with Crippen LogP contribution in [0.3, 0.4) is 0 Å². The van der Waals surface area contributed by atoms with Crippen molar-refractivity contribution in [1.29, 1.82) is 0 Å². The van der Waals surface area contributed by atoms with Gasteiger partial charge in [0.25, 0.3) is 0 Å². The minimum Gasteiger partial charge on any atom is -0.329 e. The molecule has 2 aromatic carbocycles. The zero-order chi connectivity index (χ0) is 14.8. The lowest BCUT2D eigenvalue weighted by atomic mass is 10.1. The lowest BCUT2D eigenvalue weighted by Crippen LogP contribution is -2.12. The molecule has 0 radical (unpaired) electrons. The topological polar surface area (TPSA) is 42.1 Å². The molecule has 21 heavy (non-hydrogen) atoms. The third kappa shape index (κ3) is 2.64. The molecule has 3 rings (SSSR count). The number of hydrogen-bond donors (Lipinski definition) is 1. The second-order valence-electron chi connectivity index (χ2n) is 4.90. The number of nitrogens with two attached hydrogens (primary N) is 1. The molecule has 0 aliphatic heterocycles. The second-order valence-corrected chi connectivity index (χ2v) is 5.76. The van der Waals surface area contributed by atoms with Crippen LogP contribution in [0.4, 0.5) is 11.5 Å². The minimum atomic E-state index is 0.538. The van der Waals surface area contributed by atoms with Gasteiger partial charge in [0.15, 0.2) is 0 Å². The molecule has 4 heteroatoms. The van der Waals surface area contributed by atoms with Gasteiger partial charge in [-0.1, -0.05) is 40.2 Å². The number of rotatable bonds is 3. The van der Waals surface area contributed by atoms with E-state index < -0.39 is 0 Å². The van der Waals surface area contributed by atoms with Gasteiger partial charge in [-0.3, -0.25) is 0 Å².